The van der Waals surface area contributed by atoms with Crippen molar-refractivity contribution in [3.8, 4) is 0 Å². The Bertz CT molecular complexity index is 1000. The molecule has 160 valence electrons. The number of nitrogens with zero attached hydrogens (tertiary/aromatic N) is 1. The second kappa shape index (κ2) is 8.31. The predicted molar refractivity (Wildman–Crippen MR) is 97.2 cm³/mol. The van der Waals surface area contributed by atoms with Gasteiger partial charge in [-0.3, -0.25) is 4.79 Å². The first-order valence-electron chi connectivity index (χ1n) is 8.21. The van der Waals surface area contributed by atoms with Gasteiger partial charge in [-0.25, -0.2) is 4.99 Å². The number of alkyl halides is 3. The summed E-state index contributed by atoms with van der Waals surface area (Å²) in [5.74, 6) is -1.10. The van der Waals surface area contributed by atoms with E-state index in [1.165, 1.54) is 20.3 Å². The van der Waals surface area contributed by atoms with Crippen molar-refractivity contribution in [1.29, 1.82) is 0 Å². The molecule has 1 aliphatic heterocycles. The van der Waals surface area contributed by atoms with Crippen LogP contribution < -0.4 is 0 Å². The third-order valence-corrected chi connectivity index (χ3v) is 5.11. The van der Waals surface area contributed by atoms with Gasteiger partial charge in [-0.05, 0) is 37.5 Å². The Hall–Kier alpha value is -2.76. The van der Waals surface area contributed by atoms with Gasteiger partial charge in [-0.2, -0.15) is 21.6 Å². The molecule has 1 N–H and O–H groups in total. The summed E-state index contributed by atoms with van der Waals surface area (Å²) < 4.78 is 73.5. The zero-order valence-corrected chi connectivity index (χ0v) is 16.8. The van der Waals surface area contributed by atoms with Crippen LogP contribution in [0.25, 0.3) is 6.08 Å². The summed E-state index contributed by atoms with van der Waals surface area (Å²) in [5.41, 5.74) is -2.47. The molecule has 0 aliphatic carbocycles. The molecule has 12 heteroatoms. The van der Waals surface area contributed by atoms with Gasteiger partial charge in [-0.1, -0.05) is 0 Å². The third kappa shape index (κ3) is 5.00. The summed E-state index contributed by atoms with van der Waals surface area (Å²) in [5, 5.41) is 0. The van der Waals surface area contributed by atoms with E-state index < -0.39 is 21.5 Å². The molecule has 0 unspecified atom stereocenters. The Labute approximate surface area is 165 Å². The molecular formula is C17H19F3N2O6S. The van der Waals surface area contributed by atoms with E-state index in [-0.39, 0.29) is 23.8 Å². The van der Waals surface area contributed by atoms with Gasteiger partial charge in [-0.15, -0.1) is 0 Å². The topological polar surface area (TPSA) is 107 Å². The van der Waals surface area contributed by atoms with Crippen molar-refractivity contribution in [1.82, 2.24) is 4.98 Å². The molecule has 1 aromatic heterocycles. The van der Waals surface area contributed by atoms with E-state index in [1.54, 1.807) is 13.8 Å². The maximum absolute atomic E-state index is 12.5. The molecule has 8 nitrogen and oxygen atoms in total. The van der Waals surface area contributed by atoms with Gasteiger partial charge < -0.3 is 18.6 Å². The Balaban J connectivity index is 2.33. The number of rotatable bonds is 6. The number of hydrogen-bond acceptors (Lipinski definition) is 7. The highest BCUT2D eigenvalue weighted by atomic mass is 32.2. The van der Waals surface area contributed by atoms with Gasteiger partial charge in [0.25, 0.3) is 0 Å². The largest absolute Gasteiger partial charge is 0.534 e. The van der Waals surface area contributed by atoms with Crippen molar-refractivity contribution in [3.63, 3.8) is 0 Å². The molecule has 2 rings (SSSR count). The van der Waals surface area contributed by atoms with Crippen molar-refractivity contribution in [2.24, 2.45) is 4.99 Å². The number of nitrogens with one attached hydrogen (secondary N) is 1. The van der Waals surface area contributed by atoms with Crippen molar-refractivity contribution in [2.45, 2.75) is 32.2 Å². The number of methoxy groups -OCH3 is 2. The zero-order chi connectivity index (χ0) is 22.0. The van der Waals surface area contributed by atoms with Crippen LogP contribution >= 0.6 is 0 Å². The van der Waals surface area contributed by atoms with Gasteiger partial charge >= 0.3 is 21.6 Å². The van der Waals surface area contributed by atoms with E-state index in [0.29, 0.717) is 12.1 Å². The molecule has 1 aromatic rings. The highest BCUT2D eigenvalue weighted by Gasteiger charge is 2.49. The van der Waals surface area contributed by atoms with Crippen LogP contribution in [0.4, 0.5) is 13.2 Å². The van der Waals surface area contributed by atoms with E-state index >= 15 is 0 Å². The van der Waals surface area contributed by atoms with Crippen LogP contribution in [0.3, 0.4) is 0 Å². The standard InChI is InChI=1S/C17H19F3N2O6S/c1-9-11(5-6-16(23)27-4)10(2)21-12(9)7-13-14(26-3)8-15(22-13)28-29(24,25)17(18,19)20/h7-8,21H,5-6H2,1-4H3/b13-7-. The zero-order valence-electron chi connectivity index (χ0n) is 16.0. The monoisotopic (exact) mass is 436 g/mol. The molecule has 0 saturated heterocycles. The minimum absolute atomic E-state index is 0.0279. The van der Waals surface area contributed by atoms with Crippen LogP contribution in [-0.4, -0.2) is 45.0 Å². The van der Waals surface area contributed by atoms with Crippen LogP contribution in [-0.2, 0) is 35.0 Å². The molecule has 0 fully saturated rings. The molecule has 2 heterocycles. The number of aliphatic imine (C=N–C) groups is 1. The van der Waals surface area contributed by atoms with Crippen LogP contribution in [0.2, 0.25) is 0 Å². The van der Waals surface area contributed by atoms with E-state index in [4.69, 9.17) is 4.74 Å². The second-order valence-corrected chi connectivity index (χ2v) is 7.56. The average molecular weight is 436 g/mol. The van der Waals surface area contributed by atoms with Crippen LogP contribution in [0, 0.1) is 13.8 Å². The van der Waals surface area contributed by atoms with E-state index in [2.05, 4.69) is 18.9 Å². The number of hydrogen-bond donors (Lipinski definition) is 1. The number of carbonyl (C=O) groups excluding carboxylic acids is 1. The number of H-pyrrole nitrogens is 1. The molecule has 0 radical (unpaired) electrons. The first-order chi connectivity index (χ1) is 13.4. The fourth-order valence-electron chi connectivity index (χ4n) is 2.66. The molecule has 0 saturated carbocycles. The highest BCUT2D eigenvalue weighted by Crippen LogP contribution is 2.30. The van der Waals surface area contributed by atoms with Crippen molar-refractivity contribution in [2.75, 3.05) is 14.2 Å². The van der Waals surface area contributed by atoms with Crippen molar-refractivity contribution in [3.05, 3.63) is 40.0 Å². The Kier molecular flexibility index (Phi) is 6.46. The normalized spacial score (nSPS) is 15.9. The minimum Gasteiger partial charge on any atom is -0.494 e. The lowest BCUT2D eigenvalue weighted by Gasteiger charge is -2.07. The summed E-state index contributed by atoms with van der Waals surface area (Å²) in [6, 6.07) is 0. The highest BCUT2D eigenvalue weighted by molar-refractivity contribution is 7.88. The molecule has 0 bridgehead atoms. The van der Waals surface area contributed by atoms with Crippen LogP contribution in [0.15, 0.2) is 22.5 Å². The molecule has 0 aromatic carbocycles. The minimum atomic E-state index is -5.85. The summed E-state index contributed by atoms with van der Waals surface area (Å²) >= 11 is 0. The molecule has 0 spiro atoms. The van der Waals surface area contributed by atoms with Crippen LogP contribution in [0.5, 0.6) is 0 Å². The van der Waals surface area contributed by atoms with Gasteiger partial charge in [0.1, 0.15) is 11.5 Å². The number of ether oxygens (including phenoxy) is 2. The molecule has 1 aliphatic rings. The van der Waals surface area contributed by atoms with Crippen LogP contribution in [0.1, 0.15) is 28.9 Å². The number of carbonyl (C=O) groups is 1. The number of aryl methyl sites for hydroxylation is 1. The summed E-state index contributed by atoms with van der Waals surface area (Å²) in [6.07, 6.45) is 3.04. The van der Waals surface area contributed by atoms with E-state index in [0.717, 1.165) is 22.9 Å². The number of aromatic amines is 1. The average Bonchev–Trinajstić information content (AvgIpc) is 3.12. The number of aromatic nitrogens is 1. The SMILES string of the molecule is COC(=O)CCc1c(C)[nH]c(/C=C2\N=C(OS(=O)(=O)C(F)(F)F)C=C2OC)c1C. The quantitative estimate of drug-likeness (QED) is 0.418. The number of halogens is 3. The van der Waals surface area contributed by atoms with Crippen molar-refractivity contribution >= 4 is 28.1 Å². The lowest BCUT2D eigenvalue weighted by molar-refractivity contribution is -0.140. The summed E-state index contributed by atoms with van der Waals surface area (Å²) in [7, 11) is -3.30. The molecule has 29 heavy (non-hydrogen) atoms. The van der Waals surface area contributed by atoms with Gasteiger partial charge in [0.05, 0.1) is 14.2 Å². The summed E-state index contributed by atoms with van der Waals surface area (Å²) in [4.78, 5) is 18.2. The van der Waals surface area contributed by atoms with Gasteiger partial charge in [0.2, 0.25) is 5.90 Å². The molecule has 0 amide bonds. The van der Waals surface area contributed by atoms with Gasteiger partial charge in [0.15, 0.2) is 0 Å². The fourth-order valence-corrected chi connectivity index (χ4v) is 3.07. The first kappa shape index (κ1) is 22.5. The fraction of sp³-hybridized carbons (Fsp3) is 0.412. The molecular weight excluding hydrogens is 417 g/mol. The maximum Gasteiger partial charge on any atom is 0.534 e. The number of esters is 1. The maximum atomic E-state index is 12.5. The third-order valence-electron chi connectivity index (χ3n) is 4.16. The second-order valence-electron chi connectivity index (χ2n) is 6.02. The summed E-state index contributed by atoms with van der Waals surface area (Å²) in [6.45, 7) is 3.60. The predicted octanol–water partition coefficient (Wildman–Crippen LogP) is 2.89. The van der Waals surface area contributed by atoms with Gasteiger partial charge in [0, 0.05) is 23.9 Å². The molecule has 0 atom stereocenters. The van der Waals surface area contributed by atoms with Crippen molar-refractivity contribution < 1.29 is 40.0 Å². The lowest BCUT2D eigenvalue weighted by atomic mass is 10.0. The Morgan fingerprint density at radius 3 is 2.48 bits per heavy atom. The first-order valence-corrected chi connectivity index (χ1v) is 9.62. The van der Waals surface area contributed by atoms with E-state index in [1.807, 2.05) is 0 Å². The Morgan fingerprint density at radius 2 is 1.93 bits per heavy atom. The smallest absolute Gasteiger partial charge is 0.494 e. The van der Waals surface area contributed by atoms with E-state index in [9.17, 15) is 26.4 Å². The Morgan fingerprint density at radius 1 is 1.28 bits per heavy atom. The lowest BCUT2D eigenvalue weighted by Crippen LogP contribution is -2.27.